The van der Waals surface area contributed by atoms with E-state index in [1.807, 2.05) is 73.1 Å². The van der Waals surface area contributed by atoms with Crippen molar-refractivity contribution < 1.29 is 9.53 Å². The van der Waals surface area contributed by atoms with E-state index in [0.717, 1.165) is 31.5 Å². The van der Waals surface area contributed by atoms with Crippen LogP contribution in [-0.4, -0.2) is 14.9 Å². The standard InChI is InChI=1S/C23H17Br2ClN2O2S2/c1-13-3-4-14(2)27(13)28-22(29)20(32-23(28)31)11-16-9-18(24)21(19(25)10-16)30-12-15-5-7-17(26)8-6-15/h3-11H,12H2,1-2H3/b20-11+. The number of benzene rings is 2. The van der Waals surface area contributed by atoms with Crippen LogP contribution in [0.3, 0.4) is 0 Å². The number of thioether (sulfide) groups is 1. The molecule has 0 saturated carbocycles. The van der Waals surface area contributed by atoms with Crippen LogP contribution >= 0.6 is 67.4 Å². The number of carbonyl (C=O) groups excluding carboxylic acids is 1. The van der Waals surface area contributed by atoms with E-state index in [0.29, 0.717) is 26.6 Å². The molecule has 1 saturated heterocycles. The lowest BCUT2D eigenvalue weighted by Gasteiger charge is -2.20. The van der Waals surface area contributed by atoms with Crippen molar-refractivity contribution in [3.63, 3.8) is 0 Å². The number of carbonyl (C=O) groups is 1. The van der Waals surface area contributed by atoms with Crippen LogP contribution in [0.15, 0.2) is 62.4 Å². The zero-order chi connectivity index (χ0) is 23.0. The predicted octanol–water partition coefficient (Wildman–Crippen LogP) is 7.40. The Balaban J connectivity index is 1.56. The van der Waals surface area contributed by atoms with E-state index in [9.17, 15) is 4.79 Å². The minimum atomic E-state index is -0.141. The second-order valence-corrected chi connectivity index (χ2v) is 11.0. The molecule has 0 aliphatic carbocycles. The molecule has 0 N–H and O–H groups in total. The van der Waals surface area contributed by atoms with Gasteiger partial charge in [-0.2, -0.15) is 5.01 Å². The number of thiocarbonyl (C=S) groups is 1. The highest BCUT2D eigenvalue weighted by Crippen LogP contribution is 2.38. The summed E-state index contributed by atoms with van der Waals surface area (Å²) in [4.78, 5) is 13.7. The zero-order valence-corrected chi connectivity index (χ0v) is 22.6. The van der Waals surface area contributed by atoms with Gasteiger partial charge in [0.25, 0.3) is 5.91 Å². The number of ether oxygens (including phenoxy) is 1. The SMILES string of the molecule is Cc1ccc(C)n1N1C(=O)/C(=C\c2cc(Br)c(OCc3ccc(Cl)cc3)c(Br)c2)SC1=S. The molecule has 1 fully saturated rings. The summed E-state index contributed by atoms with van der Waals surface area (Å²) in [7, 11) is 0. The lowest BCUT2D eigenvalue weighted by molar-refractivity contribution is -0.114. The van der Waals surface area contributed by atoms with Crippen molar-refractivity contribution >= 4 is 83.7 Å². The minimum Gasteiger partial charge on any atom is -0.487 e. The average Bonchev–Trinajstić information content (AvgIpc) is 3.20. The summed E-state index contributed by atoms with van der Waals surface area (Å²) in [6, 6.07) is 15.3. The molecule has 1 aliphatic heterocycles. The highest BCUT2D eigenvalue weighted by atomic mass is 79.9. The van der Waals surface area contributed by atoms with Crippen molar-refractivity contribution in [1.82, 2.24) is 4.68 Å². The van der Waals surface area contributed by atoms with Crippen LogP contribution in [0.2, 0.25) is 5.02 Å². The number of aryl methyl sites for hydroxylation is 2. The number of hydrogen-bond donors (Lipinski definition) is 0. The molecule has 2 aromatic carbocycles. The predicted molar refractivity (Wildman–Crippen MR) is 143 cm³/mol. The van der Waals surface area contributed by atoms with Gasteiger partial charge in [0, 0.05) is 16.4 Å². The Morgan fingerprint density at radius 2 is 1.66 bits per heavy atom. The average molecular weight is 613 g/mol. The number of nitrogens with zero attached hydrogens (tertiary/aromatic N) is 2. The van der Waals surface area contributed by atoms with E-state index >= 15 is 0 Å². The first-order valence-corrected chi connectivity index (χ1v) is 12.7. The first kappa shape index (κ1) is 23.6. The summed E-state index contributed by atoms with van der Waals surface area (Å²) < 4.78 is 9.89. The van der Waals surface area contributed by atoms with E-state index < -0.39 is 0 Å². The highest BCUT2D eigenvalue weighted by molar-refractivity contribution is 9.11. The lowest BCUT2D eigenvalue weighted by Crippen LogP contribution is -2.39. The molecule has 3 aromatic rings. The first-order chi connectivity index (χ1) is 15.2. The van der Waals surface area contributed by atoms with Gasteiger partial charge in [0.1, 0.15) is 12.4 Å². The summed E-state index contributed by atoms with van der Waals surface area (Å²) in [6.45, 7) is 4.31. The summed E-state index contributed by atoms with van der Waals surface area (Å²) in [5.41, 5.74) is 3.76. The van der Waals surface area contributed by atoms with Crippen LogP contribution in [0.1, 0.15) is 22.5 Å². The third-order valence-corrected chi connectivity index (χ3v) is 7.54. The van der Waals surface area contributed by atoms with Gasteiger partial charge in [-0.25, -0.2) is 0 Å². The molecule has 0 atom stereocenters. The van der Waals surface area contributed by atoms with Gasteiger partial charge >= 0.3 is 0 Å². The van der Waals surface area contributed by atoms with E-state index in [1.54, 1.807) is 5.01 Å². The summed E-state index contributed by atoms with van der Waals surface area (Å²) >= 11 is 19.9. The Bertz CT molecular complexity index is 1210. The van der Waals surface area contributed by atoms with Crippen LogP contribution in [0.25, 0.3) is 6.08 Å². The van der Waals surface area contributed by atoms with Crippen molar-refractivity contribution in [1.29, 1.82) is 0 Å². The number of amides is 1. The van der Waals surface area contributed by atoms with Crippen LogP contribution < -0.4 is 9.75 Å². The van der Waals surface area contributed by atoms with Gasteiger partial charge in [-0.1, -0.05) is 35.5 Å². The number of hydrogen-bond acceptors (Lipinski definition) is 4. The van der Waals surface area contributed by atoms with Gasteiger partial charge in [-0.3, -0.25) is 9.47 Å². The fraction of sp³-hybridized carbons (Fsp3) is 0.130. The molecule has 4 rings (SSSR count). The topological polar surface area (TPSA) is 34.5 Å². The van der Waals surface area contributed by atoms with Crippen LogP contribution in [-0.2, 0) is 11.4 Å². The van der Waals surface area contributed by atoms with E-state index in [4.69, 9.17) is 28.6 Å². The second kappa shape index (κ2) is 9.73. The molecule has 1 aliphatic rings. The minimum absolute atomic E-state index is 0.141. The Morgan fingerprint density at radius 3 is 2.25 bits per heavy atom. The van der Waals surface area contributed by atoms with E-state index in [2.05, 4.69) is 31.9 Å². The smallest absolute Gasteiger partial charge is 0.285 e. The molecule has 32 heavy (non-hydrogen) atoms. The molecular weight excluding hydrogens is 596 g/mol. The van der Waals surface area contributed by atoms with Gasteiger partial charge in [0.15, 0.2) is 4.32 Å². The van der Waals surface area contributed by atoms with E-state index in [-0.39, 0.29) is 5.91 Å². The molecular formula is C23H17Br2ClN2O2S2. The molecule has 1 aromatic heterocycles. The van der Waals surface area contributed by atoms with Gasteiger partial charge in [0.05, 0.1) is 13.9 Å². The number of rotatable bonds is 5. The molecule has 0 bridgehead atoms. The quantitative estimate of drug-likeness (QED) is 0.222. The summed E-state index contributed by atoms with van der Waals surface area (Å²) in [5.74, 6) is 0.543. The third-order valence-electron chi connectivity index (χ3n) is 4.82. The molecule has 9 heteroatoms. The van der Waals surface area contributed by atoms with Crippen molar-refractivity contribution in [3.8, 4) is 5.75 Å². The summed E-state index contributed by atoms with van der Waals surface area (Å²) in [5, 5.41) is 2.23. The molecule has 2 heterocycles. The van der Waals surface area contributed by atoms with Crippen molar-refractivity contribution in [2.45, 2.75) is 20.5 Å². The normalized spacial score (nSPS) is 15.2. The fourth-order valence-corrected chi connectivity index (χ4v) is 6.11. The molecule has 164 valence electrons. The fourth-order valence-electron chi connectivity index (χ4n) is 3.30. The Hall–Kier alpha value is -1.58. The van der Waals surface area contributed by atoms with Crippen LogP contribution in [0.4, 0.5) is 0 Å². The molecule has 0 unspecified atom stereocenters. The highest BCUT2D eigenvalue weighted by Gasteiger charge is 2.34. The Morgan fingerprint density at radius 1 is 1.06 bits per heavy atom. The zero-order valence-electron chi connectivity index (χ0n) is 17.1. The Kier molecular flexibility index (Phi) is 7.17. The van der Waals surface area contributed by atoms with E-state index in [1.165, 1.54) is 11.8 Å². The Labute approximate surface area is 217 Å². The molecule has 0 radical (unpaired) electrons. The van der Waals surface area contributed by atoms with Crippen LogP contribution in [0, 0.1) is 13.8 Å². The van der Waals surface area contributed by atoms with Gasteiger partial charge in [0.2, 0.25) is 0 Å². The lowest BCUT2D eigenvalue weighted by atomic mass is 10.2. The number of aromatic nitrogens is 1. The number of halogens is 3. The molecule has 1 amide bonds. The maximum Gasteiger partial charge on any atom is 0.285 e. The monoisotopic (exact) mass is 610 g/mol. The molecule has 4 nitrogen and oxygen atoms in total. The maximum absolute atomic E-state index is 13.1. The second-order valence-electron chi connectivity index (χ2n) is 7.15. The van der Waals surface area contributed by atoms with Gasteiger partial charge < -0.3 is 4.74 Å². The molecule has 0 spiro atoms. The maximum atomic E-state index is 13.1. The van der Waals surface area contributed by atoms with Crippen molar-refractivity contribution in [3.05, 3.63) is 89.9 Å². The third kappa shape index (κ3) is 4.84. The van der Waals surface area contributed by atoms with Gasteiger partial charge in [-0.05, 0) is 112 Å². The largest absolute Gasteiger partial charge is 0.487 e. The van der Waals surface area contributed by atoms with Crippen molar-refractivity contribution in [2.75, 3.05) is 5.01 Å². The first-order valence-electron chi connectivity index (χ1n) is 9.54. The summed E-state index contributed by atoms with van der Waals surface area (Å²) in [6.07, 6.45) is 1.84. The van der Waals surface area contributed by atoms with Crippen LogP contribution in [0.5, 0.6) is 5.75 Å². The van der Waals surface area contributed by atoms with Gasteiger partial charge in [-0.15, -0.1) is 0 Å². The van der Waals surface area contributed by atoms with Crippen molar-refractivity contribution in [2.24, 2.45) is 0 Å².